The molecule has 4 rings (SSSR count). The second kappa shape index (κ2) is 7.85. The average Bonchev–Trinajstić information content (AvgIpc) is 3.20. The molecule has 2 aromatic rings. The number of quaternary nitrogens is 1. The lowest BCUT2D eigenvalue weighted by atomic mass is 9.90. The van der Waals surface area contributed by atoms with Gasteiger partial charge in [-0.1, -0.05) is 30.3 Å². The van der Waals surface area contributed by atoms with E-state index in [2.05, 4.69) is 35.4 Å². The van der Waals surface area contributed by atoms with Crippen molar-refractivity contribution in [2.45, 2.75) is 38.3 Å². The first kappa shape index (κ1) is 18.8. The topological polar surface area (TPSA) is 69.5 Å². The molecule has 0 amide bonds. The molecule has 0 unspecified atom stereocenters. The smallest absolute Gasteiger partial charge is 0.291 e. The molecule has 6 nitrogen and oxygen atoms in total. The number of sulfone groups is 1. The van der Waals surface area contributed by atoms with Gasteiger partial charge < -0.3 is 9.32 Å². The van der Waals surface area contributed by atoms with Crippen LogP contribution < -0.4 is 4.90 Å². The third kappa shape index (κ3) is 4.67. The summed E-state index contributed by atoms with van der Waals surface area (Å²) in [6.07, 6.45) is 4.12. The maximum atomic E-state index is 11.7. The molecule has 0 radical (unpaired) electrons. The van der Waals surface area contributed by atoms with Crippen molar-refractivity contribution in [2.24, 2.45) is 5.92 Å². The van der Waals surface area contributed by atoms with Crippen LogP contribution in [-0.2, 0) is 22.9 Å². The molecule has 1 atom stereocenters. The van der Waals surface area contributed by atoms with Gasteiger partial charge in [-0.2, -0.15) is 4.68 Å². The Bertz CT molecular complexity index is 929. The highest BCUT2D eigenvalue weighted by Crippen LogP contribution is 2.27. The Morgan fingerprint density at radius 1 is 1.19 bits per heavy atom. The van der Waals surface area contributed by atoms with Gasteiger partial charge in [0.1, 0.15) is 0 Å². The molecule has 2 saturated heterocycles. The summed E-state index contributed by atoms with van der Waals surface area (Å²) in [5, 5.41) is 4.50. The summed E-state index contributed by atoms with van der Waals surface area (Å²) in [6.45, 7) is 2.89. The van der Waals surface area contributed by atoms with Crippen LogP contribution in [0, 0.1) is 10.8 Å². The molecule has 2 fully saturated rings. The Balaban J connectivity index is 1.32. The lowest BCUT2D eigenvalue weighted by Crippen LogP contribution is -3.12. The fourth-order valence-electron chi connectivity index (χ4n) is 4.18. The minimum Gasteiger partial charge on any atom is -0.413 e. The number of piperidine rings is 1. The summed E-state index contributed by atoms with van der Waals surface area (Å²) in [4.78, 5) is 1.81. The van der Waals surface area contributed by atoms with Crippen molar-refractivity contribution in [3.63, 3.8) is 0 Å². The Hall–Kier alpha value is -1.51. The molecule has 1 N–H and O–H groups in total. The van der Waals surface area contributed by atoms with Gasteiger partial charge in [0.15, 0.2) is 16.5 Å². The van der Waals surface area contributed by atoms with E-state index in [0.717, 1.165) is 25.4 Å². The van der Waals surface area contributed by atoms with E-state index in [-0.39, 0.29) is 17.4 Å². The summed E-state index contributed by atoms with van der Waals surface area (Å²) in [7, 11) is -2.95. The van der Waals surface area contributed by atoms with Crippen LogP contribution in [0.1, 0.15) is 36.6 Å². The number of nitrogens with zero attached hydrogens (tertiary/aromatic N) is 2. The highest BCUT2D eigenvalue weighted by molar-refractivity contribution is 7.91. The third-order valence-corrected chi connectivity index (χ3v) is 7.82. The van der Waals surface area contributed by atoms with Gasteiger partial charge >= 0.3 is 0 Å². The van der Waals surface area contributed by atoms with Crippen LogP contribution in [0.2, 0.25) is 0 Å². The second-order valence-corrected chi connectivity index (χ2v) is 10.4. The first-order valence-corrected chi connectivity index (χ1v) is 11.9. The first-order valence-electron chi connectivity index (χ1n) is 9.64. The van der Waals surface area contributed by atoms with E-state index in [9.17, 15) is 8.42 Å². The third-order valence-electron chi connectivity index (χ3n) is 5.76. The van der Waals surface area contributed by atoms with Crippen LogP contribution in [0.5, 0.6) is 0 Å². The minimum atomic E-state index is -2.95. The Kier molecular flexibility index (Phi) is 5.48. The lowest BCUT2D eigenvalue weighted by molar-refractivity contribution is -0.929. The van der Waals surface area contributed by atoms with Crippen molar-refractivity contribution in [1.82, 2.24) is 9.78 Å². The number of hydrogen-bond donors (Lipinski definition) is 1. The zero-order valence-corrected chi connectivity index (χ0v) is 17.0. The molecular weight excluding hydrogens is 382 g/mol. The molecule has 0 aliphatic carbocycles. The molecule has 8 heteroatoms. The fraction of sp³-hybridized carbons (Fsp3) is 0.579. The summed E-state index contributed by atoms with van der Waals surface area (Å²) >= 11 is 5.31. The van der Waals surface area contributed by atoms with E-state index in [4.69, 9.17) is 16.6 Å². The molecule has 2 aliphatic rings. The molecule has 3 heterocycles. The Morgan fingerprint density at radius 3 is 2.59 bits per heavy atom. The van der Waals surface area contributed by atoms with Crippen LogP contribution in [0.15, 0.2) is 34.7 Å². The van der Waals surface area contributed by atoms with Gasteiger partial charge in [0.05, 0.1) is 30.5 Å². The van der Waals surface area contributed by atoms with Gasteiger partial charge in [0.25, 0.3) is 4.84 Å². The number of nitrogens with one attached hydrogen (secondary N) is 1. The summed E-state index contributed by atoms with van der Waals surface area (Å²) in [5.41, 5.74) is 1.42. The summed E-state index contributed by atoms with van der Waals surface area (Å²) in [6, 6.07) is 10.7. The monoisotopic (exact) mass is 408 g/mol. The zero-order chi connectivity index (χ0) is 18.9. The van der Waals surface area contributed by atoms with Crippen molar-refractivity contribution in [1.29, 1.82) is 0 Å². The van der Waals surface area contributed by atoms with Crippen LogP contribution in [-0.4, -0.2) is 42.8 Å². The normalized spacial score (nSPS) is 27.6. The van der Waals surface area contributed by atoms with E-state index in [1.807, 2.05) is 0 Å². The van der Waals surface area contributed by atoms with Gasteiger partial charge in [0, 0.05) is 0 Å². The first-order chi connectivity index (χ1) is 13.0. The van der Waals surface area contributed by atoms with Crippen molar-refractivity contribution in [2.75, 3.05) is 24.6 Å². The largest absolute Gasteiger partial charge is 0.413 e. The van der Waals surface area contributed by atoms with Crippen molar-refractivity contribution >= 4 is 22.1 Å². The van der Waals surface area contributed by atoms with E-state index < -0.39 is 9.84 Å². The van der Waals surface area contributed by atoms with E-state index in [1.54, 1.807) is 4.68 Å². The van der Waals surface area contributed by atoms with Crippen molar-refractivity contribution in [3.8, 4) is 0 Å². The minimum absolute atomic E-state index is 0.125. The Labute approximate surface area is 165 Å². The summed E-state index contributed by atoms with van der Waals surface area (Å²) < 4.78 is 30.7. The standard InChI is InChI=1S/C19H25N3O3S2/c23-27(24)11-8-17(13-27)18-20-22(19(26)25-18)14-21-9-6-16(7-10-21)12-15-4-2-1-3-5-15/h1-5,16-17H,6-14H2/p+1/t17-/m0/s1. The van der Waals surface area contributed by atoms with Crippen molar-refractivity contribution < 1.29 is 17.7 Å². The SMILES string of the molecule is O=S1(=O)CC[C@H](c2nn(C[NH+]3CCC(Cc4ccccc4)CC3)c(=S)o2)C1. The van der Waals surface area contributed by atoms with E-state index >= 15 is 0 Å². The van der Waals surface area contributed by atoms with Gasteiger partial charge in [0.2, 0.25) is 5.89 Å². The fourth-order valence-corrected chi connectivity index (χ4v) is 6.11. The molecule has 0 saturated carbocycles. The Morgan fingerprint density at radius 2 is 1.93 bits per heavy atom. The lowest BCUT2D eigenvalue weighted by Gasteiger charge is -2.28. The molecule has 1 aromatic carbocycles. The highest BCUT2D eigenvalue weighted by Gasteiger charge is 2.33. The average molecular weight is 409 g/mol. The highest BCUT2D eigenvalue weighted by atomic mass is 32.2. The predicted molar refractivity (Wildman–Crippen MR) is 105 cm³/mol. The van der Waals surface area contributed by atoms with E-state index in [0.29, 0.717) is 23.8 Å². The summed E-state index contributed by atoms with van der Waals surface area (Å²) in [5.74, 6) is 1.41. The number of hydrogen-bond acceptors (Lipinski definition) is 5. The van der Waals surface area contributed by atoms with Crippen LogP contribution in [0.4, 0.5) is 0 Å². The van der Waals surface area contributed by atoms with Crippen molar-refractivity contribution in [3.05, 3.63) is 46.6 Å². The molecule has 0 spiro atoms. The molecule has 146 valence electrons. The maximum Gasteiger partial charge on any atom is 0.291 e. The molecular formula is C19H26N3O3S2+. The molecule has 2 aliphatic heterocycles. The van der Waals surface area contributed by atoms with Crippen LogP contribution >= 0.6 is 12.2 Å². The van der Waals surface area contributed by atoms with Gasteiger partial charge in [-0.05, 0) is 49.4 Å². The van der Waals surface area contributed by atoms with Gasteiger partial charge in [-0.3, -0.25) is 0 Å². The number of likely N-dealkylation sites (tertiary alicyclic amines) is 1. The molecule has 27 heavy (non-hydrogen) atoms. The van der Waals surface area contributed by atoms with Crippen LogP contribution in [0.3, 0.4) is 0 Å². The predicted octanol–water partition coefficient (Wildman–Crippen LogP) is 1.60. The molecule has 1 aromatic heterocycles. The van der Waals surface area contributed by atoms with Gasteiger partial charge in [-0.15, -0.1) is 5.10 Å². The zero-order valence-electron chi connectivity index (χ0n) is 15.3. The number of rotatable bonds is 5. The number of benzene rings is 1. The van der Waals surface area contributed by atoms with Crippen LogP contribution in [0.25, 0.3) is 0 Å². The maximum absolute atomic E-state index is 11.7. The quantitative estimate of drug-likeness (QED) is 0.761. The van der Waals surface area contributed by atoms with Gasteiger partial charge in [-0.25, -0.2) is 8.42 Å². The number of aromatic nitrogens is 2. The molecule has 0 bridgehead atoms. The van der Waals surface area contributed by atoms with E-state index in [1.165, 1.54) is 23.3 Å². The second-order valence-electron chi connectivity index (χ2n) is 7.85.